The Morgan fingerprint density at radius 3 is 2.39 bits per heavy atom. The van der Waals surface area contributed by atoms with Crippen molar-refractivity contribution < 1.29 is 14.7 Å². The molecule has 2 heterocycles. The van der Waals surface area contributed by atoms with E-state index in [1.54, 1.807) is 61.8 Å². The van der Waals surface area contributed by atoms with E-state index in [4.69, 9.17) is 11.6 Å². The number of pyridine rings is 1. The first-order valence-electron chi connectivity index (χ1n) is 9.99. The first kappa shape index (κ1) is 20.8. The molecule has 156 valence electrons. The molecular weight excluding hydrogens is 412 g/mol. The van der Waals surface area contributed by atoms with Crippen LogP contribution in [0.25, 0.3) is 5.76 Å². The number of aliphatic hydroxyl groups is 1. The van der Waals surface area contributed by atoms with Gasteiger partial charge in [-0.25, -0.2) is 0 Å². The average Bonchev–Trinajstić information content (AvgIpc) is 3.06. The van der Waals surface area contributed by atoms with Gasteiger partial charge in [0.25, 0.3) is 11.7 Å². The van der Waals surface area contributed by atoms with Crippen LogP contribution >= 0.6 is 11.6 Å². The van der Waals surface area contributed by atoms with Crippen molar-refractivity contribution in [1.82, 2.24) is 4.98 Å². The van der Waals surface area contributed by atoms with Gasteiger partial charge >= 0.3 is 0 Å². The number of hydrogen-bond acceptors (Lipinski definition) is 4. The Bertz CT molecular complexity index is 1190. The molecule has 0 bridgehead atoms. The number of nitrogens with zero attached hydrogens (tertiary/aromatic N) is 2. The summed E-state index contributed by atoms with van der Waals surface area (Å²) in [5, 5.41) is 11.6. The van der Waals surface area contributed by atoms with Gasteiger partial charge < -0.3 is 5.11 Å². The molecule has 0 aliphatic carbocycles. The highest BCUT2D eigenvalue weighted by molar-refractivity contribution is 6.52. The van der Waals surface area contributed by atoms with Gasteiger partial charge in [0, 0.05) is 28.7 Å². The van der Waals surface area contributed by atoms with Crippen molar-refractivity contribution in [2.24, 2.45) is 0 Å². The zero-order valence-corrected chi connectivity index (χ0v) is 17.9. The Hall–Kier alpha value is -3.44. The SMILES string of the molecule is CCc1ccc(/C(O)=C2\C(=O)C(=O)N(c3cccc(Cl)c3C)C2c2ccncc2)cc1. The lowest BCUT2D eigenvalue weighted by Gasteiger charge is -2.27. The lowest BCUT2D eigenvalue weighted by atomic mass is 9.95. The number of amides is 1. The lowest BCUT2D eigenvalue weighted by molar-refractivity contribution is -0.132. The molecule has 0 saturated carbocycles. The van der Waals surface area contributed by atoms with Crippen LogP contribution in [0.15, 0.2) is 72.6 Å². The third-order valence-corrected chi connectivity index (χ3v) is 6.01. The highest BCUT2D eigenvalue weighted by atomic mass is 35.5. The van der Waals surface area contributed by atoms with Gasteiger partial charge in [0.05, 0.1) is 11.6 Å². The summed E-state index contributed by atoms with van der Waals surface area (Å²) in [6, 6.07) is 15.2. The quantitative estimate of drug-likeness (QED) is 0.348. The van der Waals surface area contributed by atoms with E-state index in [9.17, 15) is 14.7 Å². The highest BCUT2D eigenvalue weighted by Crippen LogP contribution is 2.43. The van der Waals surface area contributed by atoms with Crippen molar-refractivity contribution in [1.29, 1.82) is 0 Å². The van der Waals surface area contributed by atoms with Gasteiger partial charge in [0.15, 0.2) is 0 Å². The van der Waals surface area contributed by atoms with Crippen LogP contribution in [0, 0.1) is 6.92 Å². The molecule has 1 aromatic heterocycles. The summed E-state index contributed by atoms with van der Waals surface area (Å²) in [4.78, 5) is 31.8. The monoisotopic (exact) mass is 432 g/mol. The molecule has 1 aliphatic rings. The molecule has 1 saturated heterocycles. The topological polar surface area (TPSA) is 70.5 Å². The van der Waals surface area contributed by atoms with E-state index in [0.29, 0.717) is 27.4 Å². The lowest BCUT2D eigenvalue weighted by Crippen LogP contribution is -2.30. The van der Waals surface area contributed by atoms with Crippen molar-refractivity contribution in [3.8, 4) is 0 Å². The Morgan fingerprint density at radius 1 is 1.06 bits per heavy atom. The Kier molecular flexibility index (Phi) is 5.61. The van der Waals surface area contributed by atoms with E-state index in [2.05, 4.69) is 4.98 Å². The van der Waals surface area contributed by atoms with Crippen molar-refractivity contribution >= 4 is 34.7 Å². The second kappa shape index (κ2) is 8.36. The van der Waals surface area contributed by atoms with Gasteiger partial charge in [0.2, 0.25) is 0 Å². The van der Waals surface area contributed by atoms with Crippen LogP contribution < -0.4 is 4.90 Å². The number of aliphatic hydroxyl groups excluding tert-OH is 1. The normalized spacial score (nSPS) is 17.9. The van der Waals surface area contributed by atoms with Crippen molar-refractivity contribution in [2.75, 3.05) is 4.90 Å². The number of Topliss-reactive ketones (excluding diaryl/α,β-unsaturated/α-hetero) is 1. The first-order chi connectivity index (χ1) is 14.9. The molecule has 0 spiro atoms. The number of benzene rings is 2. The van der Waals surface area contributed by atoms with E-state index >= 15 is 0 Å². The van der Waals surface area contributed by atoms with Crippen LogP contribution in [0.5, 0.6) is 0 Å². The molecule has 2 aromatic carbocycles. The summed E-state index contributed by atoms with van der Waals surface area (Å²) in [5.74, 6) is -1.65. The number of aryl methyl sites for hydroxylation is 1. The van der Waals surface area contributed by atoms with Crippen molar-refractivity contribution in [3.63, 3.8) is 0 Å². The van der Waals surface area contributed by atoms with Crippen LogP contribution in [0.2, 0.25) is 5.02 Å². The summed E-state index contributed by atoms with van der Waals surface area (Å²) in [6.45, 7) is 3.83. The van der Waals surface area contributed by atoms with Crippen LogP contribution in [0.1, 0.15) is 35.2 Å². The second-order valence-electron chi connectivity index (χ2n) is 7.38. The summed E-state index contributed by atoms with van der Waals surface area (Å²) in [7, 11) is 0. The fourth-order valence-electron chi connectivity index (χ4n) is 3.85. The fourth-order valence-corrected chi connectivity index (χ4v) is 4.02. The molecule has 1 amide bonds. The molecule has 1 unspecified atom stereocenters. The maximum absolute atomic E-state index is 13.2. The maximum atomic E-state index is 13.2. The molecule has 0 radical (unpaired) electrons. The molecular formula is C25H21ClN2O3. The van der Waals surface area contributed by atoms with Gasteiger partial charge in [-0.1, -0.05) is 48.9 Å². The van der Waals surface area contributed by atoms with E-state index in [-0.39, 0.29) is 11.3 Å². The zero-order valence-electron chi connectivity index (χ0n) is 17.2. The minimum Gasteiger partial charge on any atom is -0.507 e. The van der Waals surface area contributed by atoms with Gasteiger partial charge in [-0.15, -0.1) is 0 Å². The predicted molar refractivity (Wildman–Crippen MR) is 121 cm³/mol. The minimum absolute atomic E-state index is 0.0415. The van der Waals surface area contributed by atoms with E-state index in [1.807, 2.05) is 19.1 Å². The molecule has 4 rings (SSSR count). The van der Waals surface area contributed by atoms with Crippen LogP contribution in [-0.2, 0) is 16.0 Å². The van der Waals surface area contributed by atoms with E-state index < -0.39 is 17.7 Å². The van der Waals surface area contributed by atoms with Gasteiger partial charge in [-0.3, -0.25) is 19.5 Å². The largest absolute Gasteiger partial charge is 0.507 e. The number of carbonyl (C=O) groups excluding carboxylic acids is 2. The summed E-state index contributed by atoms with van der Waals surface area (Å²) < 4.78 is 0. The van der Waals surface area contributed by atoms with Gasteiger partial charge in [-0.05, 0) is 54.3 Å². The number of ketones is 1. The first-order valence-corrected chi connectivity index (χ1v) is 10.4. The Labute approximate surface area is 185 Å². The number of halogens is 1. The standard InChI is InChI=1S/C25H21ClN2O3/c1-3-16-7-9-18(10-8-16)23(29)21-22(17-11-13-27-14-12-17)28(25(31)24(21)30)20-6-4-5-19(26)15(20)2/h4-14,22,29H,3H2,1-2H3/b23-21+. The Balaban J connectivity index is 1.95. The van der Waals surface area contributed by atoms with E-state index in [1.165, 1.54) is 4.90 Å². The van der Waals surface area contributed by atoms with Crippen LogP contribution in [0.3, 0.4) is 0 Å². The molecule has 1 aliphatic heterocycles. The van der Waals surface area contributed by atoms with Gasteiger partial charge in [-0.2, -0.15) is 0 Å². The number of aromatic nitrogens is 1. The molecule has 1 fully saturated rings. The Morgan fingerprint density at radius 2 is 1.74 bits per heavy atom. The fraction of sp³-hybridized carbons (Fsp3) is 0.160. The minimum atomic E-state index is -0.800. The summed E-state index contributed by atoms with van der Waals surface area (Å²) in [6.07, 6.45) is 4.04. The van der Waals surface area contributed by atoms with Crippen molar-refractivity contribution in [3.05, 3.63) is 99.8 Å². The number of rotatable bonds is 4. The smallest absolute Gasteiger partial charge is 0.300 e. The third kappa shape index (κ3) is 3.62. The zero-order chi connectivity index (χ0) is 22.1. The third-order valence-electron chi connectivity index (χ3n) is 5.60. The number of carbonyl (C=O) groups is 2. The molecule has 1 N–H and O–H groups in total. The van der Waals surface area contributed by atoms with Crippen molar-refractivity contribution in [2.45, 2.75) is 26.3 Å². The molecule has 31 heavy (non-hydrogen) atoms. The molecule has 6 heteroatoms. The second-order valence-corrected chi connectivity index (χ2v) is 7.79. The average molecular weight is 433 g/mol. The predicted octanol–water partition coefficient (Wildman–Crippen LogP) is 5.23. The molecule has 5 nitrogen and oxygen atoms in total. The van der Waals surface area contributed by atoms with Crippen LogP contribution in [-0.4, -0.2) is 21.8 Å². The number of hydrogen-bond donors (Lipinski definition) is 1. The van der Waals surface area contributed by atoms with Gasteiger partial charge in [0.1, 0.15) is 5.76 Å². The molecule has 3 aromatic rings. The van der Waals surface area contributed by atoms with E-state index in [0.717, 1.165) is 12.0 Å². The molecule has 1 atom stereocenters. The van der Waals surface area contributed by atoms with Crippen LogP contribution in [0.4, 0.5) is 5.69 Å². The maximum Gasteiger partial charge on any atom is 0.300 e. The number of anilines is 1. The highest BCUT2D eigenvalue weighted by Gasteiger charge is 2.47. The summed E-state index contributed by atoms with van der Waals surface area (Å²) in [5.41, 5.74) is 3.50. The summed E-state index contributed by atoms with van der Waals surface area (Å²) >= 11 is 6.30.